The largest absolute Gasteiger partial charge is 0.339 e. The molecule has 8 heteroatoms. The molecule has 1 rings (SSSR count). The first kappa shape index (κ1) is 14.4. The number of nitrogens with zero attached hydrogens (tertiary/aromatic N) is 3. The number of aromatic amines is 1. The average molecular weight is 334 g/mol. The van der Waals surface area contributed by atoms with E-state index in [-0.39, 0.29) is 0 Å². The molecule has 17 heavy (non-hydrogen) atoms. The fourth-order valence-electron chi connectivity index (χ4n) is 0.978. The summed E-state index contributed by atoms with van der Waals surface area (Å²) < 4.78 is 0.944. The highest BCUT2D eigenvalue weighted by Crippen LogP contribution is 2.18. The molecular weight excluding hydrogens is 322 g/mol. The summed E-state index contributed by atoms with van der Waals surface area (Å²) in [4.78, 5) is 11.1. The van der Waals surface area contributed by atoms with Crippen LogP contribution in [-0.2, 0) is 5.75 Å². The Hall–Kier alpha value is -0.650. The van der Waals surface area contributed by atoms with Gasteiger partial charge in [0.05, 0.1) is 12.0 Å². The third-order valence-electron chi connectivity index (χ3n) is 1.74. The number of nitrogens with one attached hydrogen (secondary N) is 2. The predicted octanol–water partition coefficient (Wildman–Crippen LogP) is 2.20. The number of aliphatic imine (C=N–C) groups is 1. The molecule has 0 bridgehead atoms. The molecule has 0 saturated carbocycles. The minimum atomic E-state index is 0.661. The van der Waals surface area contributed by atoms with Gasteiger partial charge in [-0.15, -0.1) is 0 Å². The fourth-order valence-corrected chi connectivity index (χ4v) is 3.31. The highest BCUT2D eigenvalue weighted by molar-refractivity contribution is 9.10. The van der Waals surface area contributed by atoms with Crippen molar-refractivity contribution in [2.75, 3.05) is 18.6 Å². The summed E-state index contributed by atoms with van der Waals surface area (Å²) >= 11 is 6.73. The molecule has 1 aromatic heterocycles. The van der Waals surface area contributed by atoms with Gasteiger partial charge in [0.15, 0.2) is 11.4 Å². The van der Waals surface area contributed by atoms with Gasteiger partial charge >= 0.3 is 0 Å². The number of amidine groups is 1. The molecule has 92 valence electrons. The summed E-state index contributed by atoms with van der Waals surface area (Å²) in [5.41, 5.74) is 1.03. The number of nitriles is 1. The summed E-state index contributed by atoms with van der Waals surface area (Å²) in [7, 11) is 1.67. The maximum Gasteiger partial charge on any atom is 0.183 e. The zero-order valence-electron chi connectivity index (χ0n) is 9.23. The minimum Gasteiger partial charge on any atom is -0.339 e. The van der Waals surface area contributed by atoms with Crippen molar-refractivity contribution < 1.29 is 0 Å². The average Bonchev–Trinajstić information content (AvgIpc) is 2.73. The second-order valence-corrected chi connectivity index (χ2v) is 5.81. The van der Waals surface area contributed by atoms with E-state index in [1.165, 1.54) is 0 Å². The van der Waals surface area contributed by atoms with Crippen molar-refractivity contribution >= 4 is 44.6 Å². The Bertz CT molecular complexity index is 412. The van der Waals surface area contributed by atoms with E-state index in [1.807, 2.05) is 6.19 Å². The normalized spacial score (nSPS) is 11.2. The summed E-state index contributed by atoms with van der Waals surface area (Å²) in [5.74, 6) is 2.76. The smallest absolute Gasteiger partial charge is 0.183 e. The van der Waals surface area contributed by atoms with E-state index in [1.54, 1.807) is 36.9 Å². The van der Waals surface area contributed by atoms with Crippen molar-refractivity contribution in [3.8, 4) is 6.19 Å². The van der Waals surface area contributed by atoms with Crippen LogP contribution in [0.5, 0.6) is 0 Å². The van der Waals surface area contributed by atoms with Gasteiger partial charge in [-0.3, -0.25) is 10.3 Å². The van der Waals surface area contributed by atoms with Crippen molar-refractivity contribution in [2.24, 2.45) is 4.99 Å². The molecule has 0 amide bonds. The number of rotatable bonds is 5. The molecule has 2 N–H and O–H groups in total. The molecule has 0 atom stereocenters. The predicted molar refractivity (Wildman–Crippen MR) is 77.0 cm³/mol. The van der Waals surface area contributed by atoms with Crippen LogP contribution in [0, 0.1) is 11.5 Å². The topological polar surface area (TPSA) is 76.9 Å². The lowest BCUT2D eigenvalue weighted by Crippen LogP contribution is -2.14. The van der Waals surface area contributed by atoms with Gasteiger partial charge in [-0.25, -0.2) is 4.98 Å². The van der Waals surface area contributed by atoms with Crippen molar-refractivity contribution in [1.82, 2.24) is 15.3 Å². The highest BCUT2D eigenvalue weighted by atomic mass is 79.9. The Morgan fingerprint density at radius 2 is 2.53 bits per heavy atom. The summed E-state index contributed by atoms with van der Waals surface area (Å²) in [6, 6.07) is 0. The van der Waals surface area contributed by atoms with Gasteiger partial charge in [0.2, 0.25) is 0 Å². The first-order valence-corrected chi connectivity index (χ1v) is 7.71. The van der Waals surface area contributed by atoms with E-state index in [2.05, 4.69) is 36.2 Å². The quantitative estimate of drug-likeness (QED) is 0.284. The standard InChI is InChI=1S/C9H12BrN5S2/c1-12-9(13-5-11)17-3-2-16-4-7-8(10)15-6-14-7/h6H,2-4H2,1H3,(H,12,13)(H,14,15). The van der Waals surface area contributed by atoms with Crippen LogP contribution in [0.1, 0.15) is 5.69 Å². The molecule has 0 fully saturated rings. The fraction of sp³-hybridized carbons (Fsp3) is 0.444. The molecule has 0 aromatic carbocycles. The number of H-pyrrole nitrogens is 1. The van der Waals surface area contributed by atoms with E-state index >= 15 is 0 Å². The van der Waals surface area contributed by atoms with Gasteiger partial charge in [-0.2, -0.15) is 17.0 Å². The molecule has 0 radical (unpaired) electrons. The monoisotopic (exact) mass is 333 g/mol. The number of halogens is 1. The van der Waals surface area contributed by atoms with Gasteiger partial charge < -0.3 is 4.98 Å². The van der Waals surface area contributed by atoms with Crippen molar-refractivity contribution in [1.29, 1.82) is 5.26 Å². The molecule has 0 saturated heterocycles. The van der Waals surface area contributed by atoms with Crippen molar-refractivity contribution in [2.45, 2.75) is 5.75 Å². The lowest BCUT2D eigenvalue weighted by molar-refractivity contribution is 1.22. The van der Waals surface area contributed by atoms with Crippen LogP contribution >= 0.6 is 39.5 Å². The van der Waals surface area contributed by atoms with Crippen LogP contribution in [0.3, 0.4) is 0 Å². The number of hydrogen-bond acceptors (Lipinski definition) is 5. The number of thioether (sulfide) groups is 2. The Balaban J connectivity index is 2.13. The molecule has 0 aliphatic heterocycles. The molecular formula is C9H12BrN5S2. The Morgan fingerprint density at radius 3 is 3.12 bits per heavy atom. The van der Waals surface area contributed by atoms with Gasteiger partial charge in [-0.05, 0) is 15.9 Å². The first-order valence-electron chi connectivity index (χ1n) is 4.78. The van der Waals surface area contributed by atoms with Crippen LogP contribution in [0.15, 0.2) is 15.9 Å². The van der Waals surface area contributed by atoms with Crippen LogP contribution < -0.4 is 5.32 Å². The van der Waals surface area contributed by atoms with E-state index in [0.717, 1.165) is 27.6 Å². The van der Waals surface area contributed by atoms with Gasteiger partial charge in [0.1, 0.15) is 4.60 Å². The van der Waals surface area contributed by atoms with E-state index in [9.17, 15) is 0 Å². The molecule has 0 unspecified atom stereocenters. The molecule has 5 nitrogen and oxygen atoms in total. The SMILES string of the molecule is C/N=C(\NC#N)SCCSCc1nc[nH]c1Br. The third-order valence-corrected chi connectivity index (χ3v) is 4.62. The lowest BCUT2D eigenvalue weighted by atomic mass is 10.6. The Kier molecular flexibility index (Phi) is 7.16. The van der Waals surface area contributed by atoms with Crippen LogP contribution in [0.2, 0.25) is 0 Å². The molecule has 1 aromatic rings. The molecule has 1 heterocycles. The number of aromatic nitrogens is 2. The molecule has 0 aliphatic carbocycles. The van der Waals surface area contributed by atoms with E-state index in [0.29, 0.717) is 5.17 Å². The summed E-state index contributed by atoms with van der Waals surface area (Å²) in [6.45, 7) is 0. The number of hydrogen-bond donors (Lipinski definition) is 2. The van der Waals surface area contributed by atoms with Gasteiger partial charge in [0, 0.05) is 24.3 Å². The summed E-state index contributed by atoms with van der Waals surface area (Å²) in [6.07, 6.45) is 3.53. The van der Waals surface area contributed by atoms with Crippen molar-refractivity contribution in [3.05, 3.63) is 16.6 Å². The minimum absolute atomic E-state index is 0.661. The zero-order chi connectivity index (χ0) is 12.5. The van der Waals surface area contributed by atoms with Gasteiger partial charge in [0.25, 0.3) is 0 Å². The van der Waals surface area contributed by atoms with E-state index in [4.69, 9.17) is 5.26 Å². The van der Waals surface area contributed by atoms with Crippen LogP contribution in [-0.4, -0.2) is 33.7 Å². The highest BCUT2D eigenvalue weighted by Gasteiger charge is 2.02. The second-order valence-electron chi connectivity index (χ2n) is 2.83. The lowest BCUT2D eigenvalue weighted by Gasteiger charge is -2.02. The maximum absolute atomic E-state index is 8.45. The summed E-state index contributed by atoms with van der Waals surface area (Å²) in [5, 5.41) is 11.6. The number of imidazole rings is 1. The van der Waals surface area contributed by atoms with E-state index < -0.39 is 0 Å². The molecule has 0 spiro atoms. The van der Waals surface area contributed by atoms with Gasteiger partial charge in [-0.1, -0.05) is 11.8 Å². The maximum atomic E-state index is 8.45. The zero-order valence-corrected chi connectivity index (χ0v) is 12.5. The third kappa shape index (κ3) is 5.48. The molecule has 0 aliphatic rings. The second kappa shape index (κ2) is 8.44. The first-order chi connectivity index (χ1) is 8.27. The Labute approximate surface area is 117 Å². The van der Waals surface area contributed by atoms with Crippen molar-refractivity contribution in [3.63, 3.8) is 0 Å². The van der Waals surface area contributed by atoms with Crippen LogP contribution in [0.25, 0.3) is 0 Å². The Morgan fingerprint density at radius 1 is 1.71 bits per heavy atom. The van der Waals surface area contributed by atoms with Crippen LogP contribution in [0.4, 0.5) is 0 Å².